The summed E-state index contributed by atoms with van der Waals surface area (Å²) in [5, 5.41) is 22.9. The Morgan fingerprint density at radius 3 is 2.56 bits per heavy atom. The first-order valence-corrected chi connectivity index (χ1v) is 5.74. The second-order valence-electron chi connectivity index (χ2n) is 4.19. The van der Waals surface area contributed by atoms with Gasteiger partial charge in [0.2, 0.25) is 6.41 Å². The molecular formula is C13H14BNO3. The zero-order valence-electron chi connectivity index (χ0n) is 9.78. The van der Waals surface area contributed by atoms with E-state index in [1.807, 2.05) is 42.5 Å². The van der Waals surface area contributed by atoms with Crippen LogP contribution in [-0.4, -0.2) is 29.5 Å². The van der Waals surface area contributed by atoms with Crippen LogP contribution in [0.4, 0.5) is 0 Å². The Kier molecular flexibility index (Phi) is 3.97. The third-order valence-electron chi connectivity index (χ3n) is 2.91. The lowest BCUT2D eigenvalue weighted by Crippen LogP contribution is -2.44. The van der Waals surface area contributed by atoms with Gasteiger partial charge in [-0.05, 0) is 22.8 Å². The Bertz CT molecular complexity index is 545. The Morgan fingerprint density at radius 1 is 1.17 bits per heavy atom. The van der Waals surface area contributed by atoms with Gasteiger partial charge < -0.3 is 15.4 Å². The van der Waals surface area contributed by atoms with Crippen LogP contribution in [0.15, 0.2) is 42.5 Å². The molecule has 0 saturated carbocycles. The van der Waals surface area contributed by atoms with Crippen molar-refractivity contribution in [3.8, 4) is 0 Å². The van der Waals surface area contributed by atoms with Gasteiger partial charge in [0.1, 0.15) is 0 Å². The summed E-state index contributed by atoms with van der Waals surface area (Å²) in [6.45, 7) is 0. The molecule has 0 fully saturated rings. The van der Waals surface area contributed by atoms with Crippen molar-refractivity contribution in [1.29, 1.82) is 0 Å². The molecular weight excluding hydrogens is 229 g/mol. The molecule has 92 valence electrons. The average Bonchev–Trinajstić information content (AvgIpc) is 2.38. The molecule has 0 aliphatic rings. The molecule has 0 spiro atoms. The largest absolute Gasteiger partial charge is 0.475 e. The summed E-state index contributed by atoms with van der Waals surface area (Å²) in [6, 6.07) is 13.8. The topological polar surface area (TPSA) is 69.6 Å². The van der Waals surface area contributed by atoms with Crippen molar-refractivity contribution in [2.45, 2.75) is 12.4 Å². The summed E-state index contributed by atoms with van der Waals surface area (Å²) in [6.07, 6.45) is 0.854. The van der Waals surface area contributed by atoms with Gasteiger partial charge in [-0.3, -0.25) is 4.79 Å². The van der Waals surface area contributed by atoms with E-state index < -0.39 is 13.1 Å². The van der Waals surface area contributed by atoms with E-state index in [1.54, 1.807) is 0 Å². The zero-order chi connectivity index (χ0) is 13.0. The van der Waals surface area contributed by atoms with Crippen molar-refractivity contribution in [3.05, 3.63) is 48.0 Å². The van der Waals surface area contributed by atoms with E-state index in [1.165, 1.54) is 0 Å². The highest BCUT2D eigenvalue weighted by Gasteiger charge is 2.22. The van der Waals surface area contributed by atoms with E-state index >= 15 is 0 Å². The van der Waals surface area contributed by atoms with Crippen LogP contribution in [-0.2, 0) is 11.2 Å². The maximum absolute atomic E-state index is 10.4. The Labute approximate surface area is 105 Å². The number of fused-ring (bicyclic) bond motifs is 1. The zero-order valence-corrected chi connectivity index (χ0v) is 9.78. The minimum atomic E-state index is -1.57. The highest BCUT2D eigenvalue weighted by molar-refractivity contribution is 6.43. The van der Waals surface area contributed by atoms with E-state index in [2.05, 4.69) is 5.32 Å². The van der Waals surface area contributed by atoms with Crippen LogP contribution in [0.2, 0.25) is 0 Å². The highest BCUT2D eigenvalue weighted by atomic mass is 16.4. The lowest BCUT2D eigenvalue weighted by Gasteiger charge is -2.15. The van der Waals surface area contributed by atoms with Gasteiger partial charge in [-0.1, -0.05) is 42.5 Å². The number of nitrogens with one attached hydrogen (secondary N) is 1. The lowest BCUT2D eigenvalue weighted by molar-refractivity contribution is -0.109. The minimum absolute atomic E-state index is 0.376. The molecule has 0 radical (unpaired) electrons. The summed E-state index contributed by atoms with van der Waals surface area (Å²) in [5.41, 5.74) is 0.946. The molecule has 18 heavy (non-hydrogen) atoms. The number of carbonyl (C=O) groups excluding carboxylic acids is 1. The number of carbonyl (C=O) groups is 1. The van der Waals surface area contributed by atoms with E-state index in [9.17, 15) is 4.79 Å². The van der Waals surface area contributed by atoms with Crippen molar-refractivity contribution in [1.82, 2.24) is 5.32 Å². The van der Waals surface area contributed by atoms with E-state index in [-0.39, 0.29) is 0 Å². The molecule has 4 nitrogen and oxygen atoms in total. The maximum atomic E-state index is 10.4. The molecule has 0 aliphatic carbocycles. The fourth-order valence-electron chi connectivity index (χ4n) is 1.96. The maximum Gasteiger partial charge on any atom is 0.475 e. The van der Waals surface area contributed by atoms with Gasteiger partial charge in [0.25, 0.3) is 0 Å². The van der Waals surface area contributed by atoms with Crippen LogP contribution in [0, 0.1) is 0 Å². The van der Waals surface area contributed by atoms with E-state index in [4.69, 9.17) is 10.0 Å². The van der Waals surface area contributed by atoms with Crippen LogP contribution in [0.3, 0.4) is 0 Å². The number of benzene rings is 2. The standard InChI is InChI=1S/C13H14BNO3/c16-9-15-13(14(17)18)8-10-5-6-11-3-1-2-4-12(11)7-10/h1-7,9,13,17-18H,8H2,(H,15,16). The molecule has 1 unspecified atom stereocenters. The first-order valence-electron chi connectivity index (χ1n) is 5.74. The summed E-state index contributed by atoms with van der Waals surface area (Å²) in [5.74, 6) is -0.691. The Balaban J connectivity index is 2.22. The Hall–Kier alpha value is -1.85. The smallest absolute Gasteiger partial charge is 0.426 e. The van der Waals surface area contributed by atoms with Gasteiger partial charge >= 0.3 is 7.12 Å². The van der Waals surface area contributed by atoms with Crippen molar-refractivity contribution in [2.24, 2.45) is 0 Å². The monoisotopic (exact) mass is 243 g/mol. The molecule has 0 aliphatic heterocycles. The number of amides is 1. The molecule has 1 atom stereocenters. The highest BCUT2D eigenvalue weighted by Crippen LogP contribution is 2.16. The molecule has 0 bridgehead atoms. The van der Waals surface area contributed by atoms with Crippen molar-refractivity contribution >= 4 is 24.3 Å². The van der Waals surface area contributed by atoms with Crippen LogP contribution >= 0.6 is 0 Å². The quantitative estimate of drug-likeness (QED) is 0.529. The van der Waals surface area contributed by atoms with E-state index in [0.29, 0.717) is 12.8 Å². The molecule has 0 heterocycles. The van der Waals surface area contributed by atoms with Crippen LogP contribution in [0.1, 0.15) is 5.56 Å². The van der Waals surface area contributed by atoms with Gasteiger partial charge in [-0.2, -0.15) is 0 Å². The second kappa shape index (κ2) is 5.66. The second-order valence-corrected chi connectivity index (χ2v) is 4.19. The fraction of sp³-hybridized carbons (Fsp3) is 0.154. The predicted octanol–water partition coefficient (Wildman–Crippen LogP) is 0.509. The molecule has 3 N–H and O–H groups in total. The molecule has 1 amide bonds. The normalized spacial score (nSPS) is 12.1. The van der Waals surface area contributed by atoms with Gasteiger partial charge in [-0.15, -0.1) is 0 Å². The summed E-state index contributed by atoms with van der Waals surface area (Å²) >= 11 is 0. The average molecular weight is 243 g/mol. The van der Waals surface area contributed by atoms with Gasteiger partial charge in [-0.25, -0.2) is 0 Å². The summed E-state index contributed by atoms with van der Waals surface area (Å²) in [4.78, 5) is 10.4. The van der Waals surface area contributed by atoms with Crippen LogP contribution in [0.25, 0.3) is 10.8 Å². The van der Waals surface area contributed by atoms with Gasteiger partial charge in [0.15, 0.2) is 0 Å². The predicted molar refractivity (Wildman–Crippen MR) is 70.8 cm³/mol. The fourth-order valence-corrected chi connectivity index (χ4v) is 1.96. The van der Waals surface area contributed by atoms with Crippen molar-refractivity contribution in [2.75, 3.05) is 0 Å². The molecule has 2 rings (SSSR count). The first-order chi connectivity index (χ1) is 8.70. The number of rotatable bonds is 5. The SMILES string of the molecule is O=CNC(Cc1ccc2ccccc2c1)B(O)O. The third kappa shape index (κ3) is 2.88. The summed E-state index contributed by atoms with van der Waals surface area (Å²) < 4.78 is 0. The molecule has 2 aromatic rings. The van der Waals surface area contributed by atoms with Gasteiger partial charge in [0.05, 0.1) is 5.94 Å². The number of hydrogen-bond acceptors (Lipinski definition) is 3. The van der Waals surface area contributed by atoms with E-state index in [0.717, 1.165) is 16.3 Å². The van der Waals surface area contributed by atoms with Gasteiger partial charge in [0, 0.05) is 0 Å². The summed E-state index contributed by atoms with van der Waals surface area (Å²) in [7, 11) is -1.57. The van der Waals surface area contributed by atoms with Crippen LogP contribution in [0.5, 0.6) is 0 Å². The van der Waals surface area contributed by atoms with Crippen molar-refractivity contribution in [3.63, 3.8) is 0 Å². The number of hydrogen-bond donors (Lipinski definition) is 3. The van der Waals surface area contributed by atoms with Crippen LogP contribution < -0.4 is 5.32 Å². The molecule has 2 aromatic carbocycles. The Morgan fingerprint density at radius 2 is 1.89 bits per heavy atom. The lowest BCUT2D eigenvalue weighted by atomic mass is 9.76. The third-order valence-corrected chi connectivity index (χ3v) is 2.91. The van der Waals surface area contributed by atoms with Crippen molar-refractivity contribution < 1.29 is 14.8 Å². The molecule has 0 aromatic heterocycles. The molecule has 0 saturated heterocycles. The minimum Gasteiger partial charge on any atom is -0.426 e. The molecule has 5 heteroatoms. The first kappa shape index (κ1) is 12.6.